The van der Waals surface area contributed by atoms with E-state index in [2.05, 4.69) is 27.5 Å². The van der Waals surface area contributed by atoms with Crippen LogP contribution in [0, 0.1) is 11.8 Å². The average Bonchev–Trinajstić information content (AvgIpc) is 3.34. The van der Waals surface area contributed by atoms with Gasteiger partial charge in [-0.05, 0) is 37.3 Å². The van der Waals surface area contributed by atoms with Gasteiger partial charge in [0, 0.05) is 18.8 Å². The summed E-state index contributed by atoms with van der Waals surface area (Å²) < 4.78 is 0. The number of nitrogens with zero attached hydrogens (tertiary/aromatic N) is 2. The molecular formula is C18H28N4. The number of aromatic nitrogens is 1. The maximum absolute atomic E-state index is 4.68. The van der Waals surface area contributed by atoms with E-state index in [1.165, 1.54) is 38.5 Å². The van der Waals surface area contributed by atoms with Crippen LogP contribution in [0.4, 0.5) is 0 Å². The molecule has 2 unspecified atom stereocenters. The van der Waals surface area contributed by atoms with Crippen LogP contribution in [-0.2, 0) is 6.54 Å². The Hall–Kier alpha value is -1.58. The third-order valence-corrected chi connectivity index (χ3v) is 4.89. The van der Waals surface area contributed by atoms with Crippen LogP contribution in [0.15, 0.2) is 29.4 Å². The minimum atomic E-state index is 0.629. The summed E-state index contributed by atoms with van der Waals surface area (Å²) in [6, 6.07) is 6.60. The Labute approximate surface area is 133 Å². The van der Waals surface area contributed by atoms with Crippen molar-refractivity contribution in [1.29, 1.82) is 0 Å². The van der Waals surface area contributed by atoms with E-state index in [-0.39, 0.29) is 0 Å². The molecule has 2 aliphatic rings. The lowest BCUT2D eigenvalue weighted by atomic mass is 9.85. The predicted octanol–water partition coefficient (Wildman–Crippen LogP) is 3.11. The molecule has 2 aliphatic carbocycles. The molecule has 1 aromatic heterocycles. The maximum atomic E-state index is 4.68. The van der Waals surface area contributed by atoms with Gasteiger partial charge in [0.2, 0.25) is 0 Å². The van der Waals surface area contributed by atoms with E-state index in [4.69, 9.17) is 0 Å². The normalized spacial score (nSPS) is 25.8. The summed E-state index contributed by atoms with van der Waals surface area (Å²) in [7, 11) is 0. The van der Waals surface area contributed by atoms with Crippen LogP contribution in [0.1, 0.15) is 51.1 Å². The van der Waals surface area contributed by atoms with Crippen LogP contribution in [0.25, 0.3) is 0 Å². The predicted molar refractivity (Wildman–Crippen MR) is 90.7 cm³/mol. The van der Waals surface area contributed by atoms with Crippen molar-refractivity contribution in [2.75, 3.05) is 6.54 Å². The molecule has 0 saturated heterocycles. The molecule has 2 fully saturated rings. The van der Waals surface area contributed by atoms with Gasteiger partial charge >= 0.3 is 0 Å². The van der Waals surface area contributed by atoms with E-state index in [1.807, 2.05) is 24.4 Å². The molecular weight excluding hydrogens is 272 g/mol. The number of nitrogens with one attached hydrogen (secondary N) is 2. The third-order valence-electron chi connectivity index (χ3n) is 4.89. The highest BCUT2D eigenvalue weighted by atomic mass is 15.2. The van der Waals surface area contributed by atoms with Crippen molar-refractivity contribution in [2.24, 2.45) is 16.8 Å². The smallest absolute Gasteiger partial charge is 0.191 e. The zero-order chi connectivity index (χ0) is 15.2. The Morgan fingerprint density at radius 1 is 1.27 bits per heavy atom. The first-order chi connectivity index (χ1) is 10.9. The van der Waals surface area contributed by atoms with Gasteiger partial charge < -0.3 is 10.6 Å². The number of hydrogen-bond donors (Lipinski definition) is 2. The van der Waals surface area contributed by atoms with E-state index in [1.54, 1.807) is 0 Å². The molecule has 0 aliphatic heterocycles. The van der Waals surface area contributed by atoms with Crippen LogP contribution in [0.3, 0.4) is 0 Å². The highest BCUT2D eigenvalue weighted by Crippen LogP contribution is 2.44. The number of hydrogen-bond acceptors (Lipinski definition) is 2. The second-order valence-electron chi connectivity index (χ2n) is 6.56. The minimum absolute atomic E-state index is 0.629. The zero-order valence-corrected chi connectivity index (χ0v) is 13.6. The van der Waals surface area contributed by atoms with E-state index in [0.717, 1.165) is 30.0 Å². The van der Waals surface area contributed by atoms with Gasteiger partial charge in [-0.25, -0.2) is 4.99 Å². The SMILES string of the molecule is CCNC(=NCc1ccccn1)NC1CC1C1CCCCC1. The lowest BCUT2D eigenvalue weighted by Crippen LogP contribution is -2.39. The molecule has 0 radical (unpaired) electrons. The largest absolute Gasteiger partial charge is 0.357 e. The molecule has 4 heteroatoms. The summed E-state index contributed by atoms with van der Waals surface area (Å²) in [5.74, 6) is 2.76. The molecule has 0 amide bonds. The van der Waals surface area contributed by atoms with Crippen molar-refractivity contribution in [1.82, 2.24) is 15.6 Å². The van der Waals surface area contributed by atoms with Gasteiger partial charge in [-0.2, -0.15) is 0 Å². The van der Waals surface area contributed by atoms with E-state index in [0.29, 0.717) is 12.6 Å². The standard InChI is InChI=1S/C18H28N4/c1-2-19-18(21-13-15-10-6-7-11-20-15)22-17-12-16(17)14-8-4-3-5-9-14/h6-7,10-11,14,16-17H,2-5,8-9,12-13H2,1H3,(H2,19,21,22). The van der Waals surface area contributed by atoms with Crippen molar-refractivity contribution < 1.29 is 0 Å². The Morgan fingerprint density at radius 2 is 2.14 bits per heavy atom. The molecule has 2 saturated carbocycles. The first kappa shape index (κ1) is 15.3. The highest BCUT2D eigenvalue weighted by molar-refractivity contribution is 5.80. The van der Waals surface area contributed by atoms with Crippen molar-refractivity contribution in [3.8, 4) is 0 Å². The fourth-order valence-electron chi connectivity index (χ4n) is 3.61. The number of guanidine groups is 1. The van der Waals surface area contributed by atoms with Crippen molar-refractivity contribution in [2.45, 2.75) is 58.0 Å². The first-order valence-corrected chi connectivity index (χ1v) is 8.81. The fraction of sp³-hybridized carbons (Fsp3) is 0.667. The summed E-state index contributed by atoms with van der Waals surface area (Å²) in [6.07, 6.45) is 10.3. The molecule has 0 aromatic carbocycles. The van der Waals surface area contributed by atoms with Gasteiger partial charge in [-0.15, -0.1) is 0 Å². The molecule has 120 valence electrons. The van der Waals surface area contributed by atoms with Crippen molar-refractivity contribution >= 4 is 5.96 Å². The summed E-state index contributed by atoms with van der Waals surface area (Å²) in [5.41, 5.74) is 1.01. The van der Waals surface area contributed by atoms with Crippen LogP contribution in [-0.4, -0.2) is 23.5 Å². The van der Waals surface area contributed by atoms with Crippen LogP contribution in [0.5, 0.6) is 0 Å². The monoisotopic (exact) mass is 300 g/mol. The van der Waals surface area contributed by atoms with Gasteiger partial charge in [-0.1, -0.05) is 38.2 Å². The molecule has 2 N–H and O–H groups in total. The summed E-state index contributed by atoms with van der Waals surface area (Å²) in [4.78, 5) is 9.01. The molecule has 2 atom stereocenters. The minimum Gasteiger partial charge on any atom is -0.357 e. The lowest BCUT2D eigenvalue weighted by Gasteiger charge is -2.22. The van der Waals surface area contributed by atoms with Crippen molar-refractivity contribution in [3.63, 3.8) is 0 Å². The molecule has 1 aromatic rings. The Kier molecular flexibility index (Phi) is 5.30. The van der Waals surface area contributed by atoms with Gasteiger partial charge in [0.15, 0.2) is 5.96 Å². The van der Waals surface area contributed by atoms with Gasteiger partial charge in [-0.3, -0.25) is 4.98 Å². The fourth-order valence-corrected chi connectivity index (χ4v) is 3.61. The molecule has 1 heterocycles. The summed E-state index contributed by atoms with van der Waals surface area (Å²) in [5, 5.41) is 6.98. The van der Waals surface area contributed by atoms with E-state index >= 15 is 0 Å². The van der Waals surface area contributed by atoms with E-state index < -0.39 is 0 Å². The van der Waals surface area contributed by atoms with Gasteiger partial charge in [0.1, 0.15) is 0 Å². The molecule has 3 rings (SSSR count). The Morgan fingerprint density at radius 3 is 2.86 bits per heavy atom. The molecule has 0 bridgehead atoms. The van der Waals surface area contributed by atoms with Crippen molar-refractivity contribution in [3.05, 3.63) is 30.1 Å². The highest BCUT2D eigenvalue weighted by Gasteiger charge is 2.43. The molecule has 4 nitrogen and oxygen atoms in total. The van der Waals surface area contributed by atoms with Crippen LogP contribution in [0.2, 0.25) is 0 Å². The maximum Gasteiger partial charge on any atom is 0.191 e. The summed E-state index contributed by atoms with van der Waals surface area (Å²) >= 11 is 0. The molecule has 0 spiro atoms. The summed E-state index contributed by atoms with van der Waals surface area (Å²) in [6.45, 7) is 3.65. The topological polar surface area (TPSA) is 49.3 Å². The van der Waals surface area contributed by atoms with Crippen LogP contribution >= 0.6 is 0 Å². The zero-order valence-electron chi connectivity index (χ0n) is 13.6. The lowest BCUT2D eigenvalue weighted by molar-refractivity contribution is 0.315. The number of aliphatic imine (C=N–C) groups is 1. The third kappa shape index (κ3) is 4.21. The number of pyridine rings is 1. The molecule has 22 heavy (non-hydrogen) atoms. The first-order valence-electron chi connectivity index (χ1n) is 8.81. The average molecular weight is 300 g/mol. The quantitative estimate of drug-likeness (QED) is 0.649. The second-order valence-corrected chi connectivity index (χ2v) is 6.56. The Bertz CT molecular complexity index is 479. The van der Waals surface area contributed by atoms with Crippen LogP contribution < -0.4 is 10.6 Å². The number of rotatable bonds is 5. The Balaban J connectivity index is 1.51. The second kappa shape index (κ2) is 7.61. The van der Waals surface area contributed by atoms with Gasteiger partial charge in [0.05, 0.1) is 12.2 Å². The van der Waals surface area contributed by atoms with Gasteiger partial charge in [0.25, 0.3) is 0 Å². The van der Waals surface area contributed by atoms with E-state index in [9.17, 15) is 0 Å².